The highest BCUT2D eigenvalue weighted by molar-refractivity contribution is 4.75. The van der Waals surface area contributed by atoms with Crippen LogP contribution in [0.15, 0.2) is 18.7 Å². The lowest BCUT2D eigenvalue weighted by molar-refractivity contribution is -0.698. The number of rotatable bonds is 8. The van der Waals surface area contributed by atoms with Gasteiger partial charge in [-0.25, -0.2) is 9.13 Å². The van der Waals surface area contributed by atoms with E-state index in [1.165, 1.54) is 0 Å². The minimum atomic E-state index is -5.52. The van der Waals surface area contributed by atoms with Crippen molar-refractivity contribution < 1.29 is 31.3 Å². The van der Waals surface area contributed by atoms with Crippen molar-refractivity contribution >= 4 is 0 Å². The molecule has 0 saturated heterocycles. The van der Waals surface area contributed by atoms with Crippen molar-refractivity contribution in [2.24, 2.45) is 0 Å². The third-order valence-electron chi connectivity index (χ3n) is 3.28. The lowest BCUT2D eigenvalue weighted by atomic mass is 10.2. The van der Waals surface area contributed by atoms with E-state index in [1.54, 1.807) is 10.8 Å². The Morgan fingerprint density at radius 2 is 1.86 bits per heavy atom. The van der Waals surface area contributed by atoms with E-state index in [1.807, 2.05) is 17.1 Å². The maximum Gasteiger partial charge on any atom is 0.453 e. The summed E-state index contributed by atoms with van der Waals surface area (Å²) in [4.78, 5) is 0. The summed E-state index contributed by atoms with van der Waals surface area (Å²) in [5, 5.41) is 0. The fourth-order valence-corrected chi connectivity index (χ4v) is 1.63. The molecule has 0 aliphatic rings. The number of aromatic nitrogens is 2. The Bertz CT molecular complexity index is 430. The first kappa shape index (κ1) is 17.9. The first-order valence-electron chi connectivity index (χ1n) is 6.76. The number of imidazole rings is 1. The number of alkyl halides is 5. The average molecular weight is 315 g/mol. The van der Waals surface area contributed by atoms with Crippen LogP contribution < -0.4 is 4.57 Å². The van der Waals surface area contributed by atoms with Crippen molar-refractivity contribution in [3.63, 3.8) is 0 Å². The number of hydrogen-bond donors (Lipinski definition) is 0. The normalized spacial score (nSPS) is 14.4. The van der Waals surface area contributed by atoms with Crippen LogP contribution >= 0.6 is 0 Å². The Labute approximate surface area is 120 Å². The van der Waals surface area contributed by atoms with Gasteiger partial charge in [0.25, 0.3) is 0 Å². The highest BCUT2D eigenvalue weighted by Gasteiger charge is 2.56. The van der Waals surface area contributed by atoms with Gasteiger partial charge >= 0.3 is 12.1 Å². The number of halogens is 5. The smallest absolute Gasteiger partial charge is 0.377 e. The predicted molar refractivity (Wildman–Crippen MR) is 66.1 cm³/mol. The van der Waals surface area contributed by atoms with Crippen molar-refractivity contribution in [3.05, 3.63) is 18.7 Å². The Morgan fingerprint density at radius 1 is 1.19 bits per heavy atom. The second-order valence-electron chi connectivity index (χ2n) is 4.92. The molecule has 1 aromatic rings. The SMILES string of the molecule is CCC(C)n1cc[n+](CCOCCC(F)(F)C(F)(F)F)c1. The molecule has 21 heavy (non-hydrogen) atoms. The molecule has 1 aromatic heterocycles. The molecule has 122 valence electrons. The Morgan fingerprint density at radius 3 is 2.43 bits per heavy atom. The lowest BCUT2D eigenvalue weighted by Crippen LogP contribution is -2.38. The highest BCUT2D eigenvalue weighted by Crippen LogP contribution is 2.37. The summed E-state index contributed by atoms with van der Waals surface area (Å²) in [7, 11) is 0. The van der Waals surface area contributed by atoms with Gasteiger partial charge < -0.3 is 4.74 Å². The van der Waals surface area contributed by atoms with Crippen LogP contribution in [0.1, 0.15) is 32.7 Å². The molecule has 1 atom stereocenters. The molecule has 0 aliphatic carbocycles. The van der Waals surface area contributed by atoms with E-state index in [2.05, 4.69) is 13.8 Å². The van der Waals surface area contributed by atoms with Gasteiger partial charge in [-0.1, -0.05) is 6.92 Å². The molecule has 0 saturated carbocycles. The Balaban J connectivity index is 2.27. The third-order valence-corrected chi connectivity index (χ3v) is 3.28. The summed E-state index contributed by atoms with van der Waals surface area (Å²) < 4.78 is 69.6. The van der Waals surface area contributed by atoms with Gasteiger partial charge in [0.2, 0.25) is 6.33 Å². The molecule has 0 bridgehead atoms. The van der Waals surface area contributed by atoms with Crippen LogP contribution in [0.25, 0.3) is 0 Å². The third kappa shape index (κ3) is 5.26. The van der Waals surface area contributed by atoms with Crippen molar-refractivity contribution in [1.29, 1.82) is 0 Å². The lowest BCUT2D eigenvalue weighted by Gasteiger charge is -2.19. The van der Waals surface area contributed by atoms with Gasteiger partial charge in [-0.2, -0.15) is 22.0 Å². The summed E-state index contributed by atoms with van der Waals surface area (Å²) in [6.07, 6.45) is -0.362. The molecule has 0 aromatic carbocycles. The van der Waals surface area contributed by atoms with Gasteiger partial charge in [-0.15, -0.1) is 0 Å². The largest absolute Gasteiger partial charge is 0.453 e. The van der Waals surface area contributed by atoms with Gasteiger partial charge in [-0.3, -0.25) is 0 Å². The molecular formula is C13H20F5N2O+. The molecular weight excluding hydrogens is 295 g/mol. The zero-order chi connectivity index (χ0) is 16.1. The van der Waals surface area contributed by atoms with Gasteiger partial charge in [0.1, 0.15) is 18.9 Å². The molecule has 0 amide bonds. The second-order valence-corrected chi connectivity index (χ2v) is 4.92. The van der Waals surface area contributed by atoms with Gasteiger partial charge in [0, 0.05) is 6.42 Å². The molecule has 1 rings (SSSR count). The van der Waals surface area contributed by atoms with Crippen molar-refractivity contribution in [2.75, 3.05) is 13.2 Å². The highest BCUT2D eigenvalue weighted by atomic mass is 19.4. The van der Waals surface area contributed by atoms with Crippen LogP contribution in [-0.2, 0) is 11.3 Å². The maximum absolute atomic E-state index is 12.6. The van der Waals surface area contributed by atoms with E-state index in [4.69, 9.17) is 4.74 Å². The first-order valence-corrected chi connectivity index (χ1v) is 6.76. The number of nitrogens with zero attached hydrogens (tertiary/aromatic N) is 2. The Hall–Kier alpha value is -1.18. The maximum atomic E-state index is 12.6. The van der Waals surface area contributed by atoms with Gasteiger partial charge in [0.15, 0.2) is 0 Å². The predicted octanol–water partition coefficient (Wildman–Crippen LogP) is 3.35. The van der Waals surface area contributed by atoms with Crippen molar-refractivity contribution in [1.82, 2.24) is 4.57 Å². The van der Waals surface area contributed by atoms with Gasteiger partial charge in [0.05, 0.1) is 19.3 Å². The summed E-state index contributed by atoms with van der Waals surface area (Å²) >= 11 is 0. The minimum absolute atomic E-state index is 0.0864. The summed E-state index contributed by atoms with van der Waals surface area (Å²) in [6, 6.07) is 0.345. The standard InChI is InChI=1S/C13H20F5N2O/c1-3-11(2)20-6-5-19(10-20)7-9-21-8-4-12(14,15)13(16,17)18/h5-6,10-11H,3-4,7-9H2,1-2H3/q+1. The van der Waals surface area contributed by atoms with Crippen LogP contribution in [0.5, 0.6) is 0 Å². The molecule has 0 radical (unpaired) electrons. The van der Waals surface area contributed by atoms with E-state index in [0.29, 0.717) is 12.6 Å². The van der Waals surface area contributed by atoms with E-state index in [9.17, 15) is 22.0 Å². The first-order chi connectivity index (χ1) is 9.67. The minimum Gasteiger partial charge on any atom is -0.377 e. The van der Waals surface area contributed by atoms with Crippen LogP contribution in [-0.4, -0.2) is 29.9 Å². The van der Waals surface area contributed by atoms with Crippen LogP contribution in [0, 0.1) is 0 Å². The van der Waals surface area contributed by atoms with Crippen molar-refractivity contribution in [3.8, 4) is 0 Å². The fraction of sp³-hybridized carbons (Fsp3) is 0.769. The van der Waals surface area contributed by atoms with Crippen LogP contribution in [0.3, 0.4) is 0 Å². The molecule has 0 N–H and O–H groups in total. The summed E-state index contributed by atoms with van der Waals surface area (Å²) in [5.74, 6) is -4.69. The quantitative estimate of drug-likeness (QED) is 0.409. The van der Waals surface area contributed by atoms with Crippen LogP contribution in [0.4, 0.5) is 22.0 Å². The molecule has 3 nitrogen and oxygen atoms in total. The average Bonchev–Trinajstić information content (AvgIpc) is 2.84. The molecule has 0 fully saturated rings. The monoisotopic (exact) mass is 315 g/mol. The molecule has 1 heterocycles. The fourth-order valence-electron chi connectivity index (χ4n) is 1.63. The van der Waals surface area contributed by atoms with E-state index >= 15 is 0 Å². The number of hydrogen-bond acceptors (Lipinski definition) is 1. The van der Waals surface area contributed by atoms with E-state index in [0.717, 1.165) is 6.42 Å². The molecule has 0 spiro atoms. The van der Waals surface area contributed by atoms with E-state index < -0.39 is 25.1 Å². The molecule has 0 aliphatic heterocycles. The van der Waals surface area contributed by atoms with Crippen LogP contribution in [0.2, 0.25) is 0 Å². The van der Waals surface area contributed by atoms with E-state index in [-0.39, 0.29) is 6.61 Å². The van der Waals surface area contributed by atoms with Gasteiger partial charge in [-0.05, 0) is 13.3 Å². The molecule has 1 unspecified atom stereocenters. The summed E-state index contributed by atoms with van der Waals surface area (Å²) in [6.45, 7) is 3.97. The topological polar surface area (TPSA) is 18.0 Å². The molecule has 8 heteroatoms. The second kappa shape index (κ2) is 7.20. The van der Waals surface area contributed by atoms with Crippen molar-refractivity contribution in [2.45, 2.75) is 51.4 Å². The Kier molecular flexibility index (Phi) is 6.12. The number of ether oxygens (including phenoxy) is 1. The zero-order valence-electron chi connectivity index (χ0n) is 12.0. The summed E-state index contributed by atoms with van der Waals surface area (Å²) in [5.41, 5.74) is 0. The zero-order valence-corrected chi connectivity index (χ0v) is 12.0.